The first kappa shape index (κ1) is 16.9. The van der Waals surface area contributed by atoms with E-state index in [4.69, 9.17) is 34.8 Å². The average molecular weight is 367 g/mol. The second-order valence-electron chi connectivity index (χ2n) is 6.01. The average Bonchev–Trinajstić information content (AvgIpc) is 2.82. The number of benzene rings is 2. The van der Waals surface area contributed by atoms with Gasteiger partial charge in [0.25, 0.3) is 0 Å². The monoisotopic (exact) mass is 365 g/mol. The smallest absolute Gasteiger partial charge is 0.0595 e. The molecule has 1 heterocycles. The minimum absolute atomic E-state index is 0.273. The van der Waals surface area contributed by atoms with Crippen molar-refractivity contribution in [2.24, 2.45) is 0 Å². The van der Waals surface area contributed by atoms with Crippen LogP contribution < -0.4 is 0 Å². The van der Waals surface area contributed by atoms with E-state index in [1.165, 1.54) is 16.7 Å². The van der Waals surface area contributed by atoms with Crippen LogP contribution in [0.5, 0.6) is 0 Å². The molecule has 4 heteroatoms. The quantitative estimate of drug-likeness (QED) is 0.559. The summed E-state index contributed by atoms with van der Waals surface area (Å²) in [7, 11) is 2.15. The Kier molecular flexibility index (Phi) is 5.03. The van der Waals surface area contributed by atoms with E-state index in [-0.39, 0.29) is 12.0 Å². The van der Waals surface area contributed by atoms with Gasteiger partial charge in [-0.25, -0.2) is 0 Å². The fourth-order valence-electron chi connectivity index (χ4n) is 3.50. The molecule has 3 rings (SSSR count). The number of rotatable bonds is 4. The molecule has 2 unspecified atom stereocenters. The van der Waals surface area contributed by atoms with Gasteiger partial charge >= 0.3 is 0 Å². The van der Waals surface area contributed by atoms with E-state index in [0.717, 1.165) is 18.0 Å². The fourth-order valence-corrected chi connectivity index (χ4v) is 4.00. The standard InChI is InChI=1S/C19H18Cl3N/c1-3-4-15(12-5-8-17(21)18(22)10-12)19-16-7-6-14(20)9-13(16)11-23(19)2/h3,5-10,15,19H,1,4,11H2,2H3. The zero-order valence-electron chi connectivity index (χ0n) is 12.9. The molecule has 23 heavy (non-hydrogen) atoms. The van der Waals surface area contributed by atoms with E-state index in [0.29, 0.717) is 10.0 Å². The maximum atomic E-state index is 6.23. The number of nitrogens with zero attached hydrogens (tertiary/aromatic N) is 1. The summed E-state index contributed by atoms with van der Waals surface area (Å²) >= 11 is 18.5. The van der Waals surface area contributed by atoms with Gasteiger partial charge in [-0.05, 0) is 54.4 Å². The Labute approximate surface area is 152 Å². The van der Waals surface area contributed by atoms with Crippen LogP contribution in [0.1, 0.15) is 35.1 Å². The second-order valence-corrected chi connectivity index (χ2v) is 7.26. The van der Waals surface area contributed by atoms with Gasteiger partial charge < -0.3 is 0 Å². The Morgan fingerprint density at radius 3 is 2.65 bits per heavy atom. The van der Waals surface area contributed by atoms with E-state index >= 15 is 0 Å². The molecule has 0 N–H and O–H groups in total. The van der Waals surface area contributed by atoms with Crippen molar-refractivity contribution in [1.82, 2.24) is 4.90 Å². The maximum absolute atomic E-state index is 6.23. The first-order valence-corrected chi connectivity index (χ1v) is 8.69. The normalized spacial score (nSPS) is 18.7. The summed E-state index contributed by atoms with van der Waals surface area (Å²) < 4.78 is 0. The highest BCUT2D eigenvalue weighted by Gasteiger charge is 2.34. The zero-order chi connectivity index (χ0) is 16.6. The van der Waals surface area contributed by atoms with E-state index in [1.54, 1.807) is 0 Å². The van der Waals surface area contributed by atoms with Crippen LogP contribution in [0.3, 0.4) is 0 Å². The maximum Gasteiger partial charge on any atom is 0.0595 e. The van der Waals surface area contributed by atoms with E-state index in [1.807, 2.05) is 24.3 Å². The highest BCUT2D eigenvalue weighted by molar-refractivity contribution is 6.42. The molecule has 2 atom stereocenters. The van der Waals surface area contributed by atoms with Crippen LogP contribution in [0, 0.1) is 0 Å². The Hall–Kier alpha value is -0.990. The second kappa shape index (κ2) is 6.86. The van der Waals surface area contributed by atoms with Gasteiger partial charge in [-0.2, -0.15) is 0 Å². The molecule has 0 amide bonds. The van der Waals surface area contributed by atoms with Crippen LogP contribution in [-0.2, 0) is 6.54 Å². The highest BCUT2D eigenvalue weighted by Crippen LogP contribution is 2.45. The number of hydrogen-bond acceptors (Lipinski definition) is 1. The summed E-state index contributed by atoms with van der Waals surface area (Å²) in [6.07, 6.45) is 2.84. The third kappa shape index (κ3) is 3.29. The van der Waals surface area contributed by atoms with Gasteiger partial charge in [-0.1, -0.05) is 53.0 Å². The fraction of sp³-hybridized carbons (Fsp3) is 0.263. The van der Waals surface area contributed by atoms with Crippen molar-refractivity contribution in [3.05, 3.63) is 80.8 Å². The number of fused-ring (bicyclic) bond motifs is 1. The van der Waals surface area contributed by atoms with Crippen molar-refractivity contribution >= 4 is 34.8 Å². The molecule has 2 aromatic rings. The third-order valence-electron chi connectivity index (χ3n) is 4.49. The van der Waals surface area contributed by atoms with Gasteiger partial charge in [-0.15, -0.1) is 6.58 Å². The Morgan fingerprint density at radius 2 is 1.96 bits per heavy atom. The molecule has 0 saturated carbocycles. The summed E-state index contributed by atoms with van der Waals surface area (Å²) in [6, 6.07) is 12.3. The molecule has 1 nitrogen and oxygen atoms in total. The van der Waals surface area contributed by atoms with Crippen LogP contribution in [-0.4, -0.2) is 11.9 Å². The van der Waals surface area contributed by atoms with E-state index in [2.05, 4.69) is 36.7 Å². The van der Waals surface area contributed by atoms with Crippen molar-refractivity contribution in [2.45, 2.75) is 24.9 Å². The highest BCUT2D eigenvalue weighted by atomic mass is 35.5. The van der Waals surface area contributed by atoms with Gasteiger partial charge in [0.05, 0.1) is 10.0 Å². The molecular weight excluding hydrogens is 349 g/mol. The number of likely N-dealkylation sites (N-methyl/N-ethyl adjacent to an activating group) is 1. The topological polar surface area (TPSA) is 3.24 Å². The first-order chi connectivity index (χ1) is 11.0. The summed E-state index contributed by atoms with van der Waals surface area (Å²) in [4.78, 5) is 2.36. The van der Waals surface area contributed by atoms with Crippen LogP contribution in [0.25, 0.3) is 0 Å². The van der Waals surface area contributed by atoms with E-state index < -0.39 is 0 Å². The van der Waals surface area contributed by atoms with Crippen molar-refractivity contribution in [1.29, 1.82) is 0 Å². The van der Waals surface area contributed by atoms with Crippen LogP contribution in [0.15, 0.2) is 49.1 Å². The van der Waals surface area contributed by atoms with Gasteiger partial charge in [-0.3, -0.25) is 4.90 Å². The third-order valence-corrected chi connectivity index (χ3v) is 5.47. The largest absolute Gasteiger partial charge is 0.294 e. The minimum Gasteiger partial charge on any atom is -0.294 e. The molecule has 0 aromatic heterocycles. The molecule has 1 aliphatic rings. The molecule has 2 aromatic carbocycles. The molecule has 0 saturated heterocycles. The molecule has 0 bridgehead atoms. The SMILES string of the molecule is C=CCC(c1ccc(Cl)c(Cl)c1)C1c2ccc(Cl)cc2CN1C. The molecule has 0 spiro atoms. The summed E-state index contributed by atoms with van der Waals surface area (Å²) in [5.41, 5.74) is 3.80. The summed E-state index contributed by atoms with van der Waals surface area (Å²) in [6.45, 7) is 4.83. The first-order valence-electron chi connectivity index (χ1n) is 7.55. The molecule has 0 radical (unpaired) electrons. The van der Waals surface area contributed by atoms with Crippen LogP contribution in [0.4, 0.5) is 0 Å². The predicted octanol–water partition coefficient (Wildman–Crippen LogP) is 6.49. The summed E-state index contributed by atoms with van der Waals surface area (Å²) in [5.74, 6) is 0.273. The molecule has 120 valence electrons. The van der Waals surface area contributed by atoms with Crippen molar-refractivity contribution < 1.29 is 0 Å². The number of allylic oxidation sites excluding steroid dienone is 1. The predicted molar refractivity (Wildman–Crippen MR) is 99.7 cm³/mol. The number of halogens is 3. The zero-order valence-corrected chi connectivity index (χ0v) is 15.2. The molecular formula is C19H18Cl3N. The Bertz CT molecular complexity index is 741. The van der Waals surface area contributed by atoms with Gasteiger partial charge in [0.1, 0.15) is 0 Å². The van der Waals surface area contributed by atoms with Crippen molar-refractivity contribution in [2.75, 3.05) is 7.05 Å². The molecule has 1 aliphatic heterocycles. The summed E-state index contributed by atoms with van der Waals surface area (Å²) in [5, 5.41) is 1.96. The number of hydrogen-bond donors (Lipinski definition) is 0. The van der Waals surface area contributed by atoms with Crippen molar-refractivity contribution in [3.8, 4) is 0 Å². The van der Waals surface area contributed by atoms with Gasteiger partial charge in [0.2, 0.25) is 0 Å². The lowest BCUT2D eigenvalue weighted by Gasteiger charge is -2.30. The van der Waals surface area contributed by atoms with Gasteiger partial charge in [0, 0.05) is 23.5 Å². The molecule has 0 aliphatic carbocycles. The lowest BCUT2D eigenvalue weighted by Crippen LogP contribution is -2.23. The lowest BCUT2D eigenvalue weighted by molar-refractivity contribution is 0.233. The molecule has 0 fully saturated rings. The Balaban J connectivity index is 2.05. The van der Waals surface area contributed by atoms with Crippen LogP contribution in [0.2, 0.25) is 15.1 Å². The van der Waals surface area contributed by atoms with E-state index in [9.17, 15) is 0 Å². The lowest BCUT2D eigenvalue weighted by atomic mass is 9.84. The Morgan fingerprint density at radius 1 is 1.17 bits per heavy atom. The van der Waals surface area contributed by atoms with Crippen molar-refractivity contribution in [3.63, 3.8) is 0 Å². The minimum atomic E-state index is 0.273. The van der Waals surface area contributed by atoms with Crippen LogP contribution >= 0.6 is 34.8 Å². The van der Waals surface area contributed by atoms with Gasteiger partial charge in [0.15, 0.2) is 0 Å².